The van der Waals surface area contributed by atoms with Crippen LogP contribution in [0, 0.1) is 23.7 Å². The smallest absolute Gasteiger partial charge is 0.272 e. The van der Waals surface area contributed by atoms with Crippen LogP contribution < -0.4 is 20.3 Å². The van der Waals surface area contributed by atoms with Crippen molar-refractivity contribution in [3.63, 3.8) is 0 Å². The standard InChI is InChI=1S/C25H25F2N7O3/c1-15-7-21(31-33(4)24(15)35)30-22-9-17-8-16(5-6-34(17)32-22)18-10-23(36-12-20(26)27)29-11-19(18)37-14-25(2,3)13-28/h5-11,20H,12,14H2,1-4H3,(H,30,31,32). The van der Waals surface area contributed by atoms with Gasteiger partial charge in [-0.25, -0.2) is 23.0 Å². The second-order valence-electron chi connectivity index (χ2n) is 9.09. The first-order valence-corrected chi connectivity index (χ1v) is 11.3. The Hall–Kier alpha value is -4.53. The normalized spacial score (nSPS) is 11.5. The van der Waals surface area contributed by atoms with Crippen molar-refractivity contribution in [2.75, 3.05) is 18.5 Å². The van der Waals surface area contributed by atoms with Crippen LogP contribution in [0.4, 0.5) is 20.4 Å². The lowest BCUT2D eigenvalue weighted by Crippen LogP contribution is -2.22. The third-order valence-electron chi connectivity index (χ3n) is 5.36. The number of fused-ring (bicyclic) bond motifs is 1. The number of pyridine rings is 2. The number of hydrogen-bond donors (Lipinski definition) is 1. The van der Waals surface area contributed by atoms with E-state index in [1.807, 2.05) is 6.07 Å². The number of aromatic nitrogens is 5. The number of hydrogen-bond acceptors (Lipinski definition) is 8. The second kappa shape index (κ2) is 10.2. The monoisotopic (exact) mass is 509 g/mol. The molecule has 0 saturated heterocycles. The first-order valence-electron chi connectivity index (χ1n) is 11.3. The molecule has 0 spiro atoms. The predicted molar refractivity (Wildman–Crippen MR) is 132 cm³/mol. The highest BCUT2D eigenvalue weighted by molar-refractivity contribution is 5.75. The molecule has 0 radical (unpaired) electrons. The molecule has 4 aromatic rings. The molecule has 12 heteroatoms. The van der Waals surface area contributed by atoms with E-state index in [4.69, 9.17) is 9.47 Å². The number of halogens is 2. The molecule has 0 bridgehead atoms. The van der Waals surface area contributed by atoms with Crippen molar-refractivity contribution in [2.24, 2.45) is 12.5 Å². The van der Waals surface area contributed by atoms with Crippen molar-refractivity contribution in [3.8, 4) is 28.8 Å². The number of nitrogens with zero attached hydrogens (tertiary/aromatic N) is 6. The lowest BCUT2D eigenvalue weighted by molar-refractivity contribution is 0.0795. The van der Waals surface area contributed by atoms with E-state index in [-0.39, 0.29) is 18.0 Å². The van der Waals surface area contributed by atoms with Gasteiger partial charge < -0.3 is 14.8 Å². The highest BCUT2D eigenvalue weighted by atomic mass is 19.3. The third-order valence-corrected chi connectivity index (χ3v) is 5.36. The van der Waals surface area contributed by atoms with Crippen LogP contribution in [0.2, 0.25) is 0 Å². The maximum atomic E-state index is 12.7. The van der Waals surface area contributed by atoms with Crippen LogP contribution in [0.3, 0.4) is 0 Å². The SMILES string of the molecule is Cc1cc(Nc2cc3cc(-c4cc(OCC(F)F)ncc4OCC(C)(C)C#N)ccn3n2)nn(C)c1=O. The molecule has 0 aliphatic heterocycles. The Morgan fingerprint density at radius 2 is 1.92 bits per heavy atom. The van der Waals surface area contributed by atoms with Crippen LogP contribution in [-0.2, 0) is 7.05 Å². The molecule has 4 heterocycles. The number of nitriles is 1. The van der Waals surface area contributed by atoms with Gasteiger partial charge in [-0.3, -0.25) is 4.79 Å². The van der Waals surface area contributed by atoms with Gasteiger partial charge in [0.05, 0.1) is 23.2 Å². The van der Waals surface area contributed by atoms with Gasteiger partial charge in [0.25, 0.3) is 12.0 Å². The molecule has 4 aromatic heterocycles. The maximum absolute atomic E-state index is 12.7. The molecule has 0 saturated carbocycles. The average Bonchev–Trinajstić information content (AvgIpc) is 3.26. The quantitative estimate of drug-likeness (QED) is 0.358. The average molecular weight is 510 g/mol. The molecule has 0 amide bonds. The highest BCUT2D eigenvalue weighted by Gasteiger charge is 2.20. The predicted octanol–water partition coefficient (Wildman–Crippen LogP) is 4.11. The van der Waals surface area contributed by atoms with E-state index in [1.54, 1.807) is 56.7 Å². The molecule has 4 rings (SSSR count). The maximum Gasteiger partial charge on any atom is 0.272 e. The largest absolute Gasteiger partial charge is 0.490 e. The first kappa shape index (κ1) is 25.6. The topological polar surface area (TPSA) is 119 Å². The van der Waals surface area contributed by atoms with Gasteiger partial charge in [-0.2, -0.15) is 15.5 Å². The molecule has 0 fully saturated rings. The number of alkyl halides is 2. The number of aryl methyl sites for hydroxylation is 2. The molecular formula is C25H25F2N7O3. The van der Waals surface area contributed by atoms with Crippen LogP contribution in [0.15, 0.2) is 47.5 Å². The second-order valence-corrected chi connectivity index (χ2v) is 9.09. The molecule has 0 unspecified atom stereocenters. The Morgan fingerprint density at radius 3 is 2.62 bits per heavy atom. The van der Waals surface area contributed by atoms with Gasteiger partial charge in [-0.05, 0) is 44.5 Å². The van der Waals surface area contributed by atoms with Gasteiger partial charge in [0.2, 0.25) is 5.88 Å². The molecule has 0 atom stereocenters. The molecule has 1 N–H and O–H groups in total. The van der Waals surface area contributed by atoms with Crippen molar-refractivity contribution in [2.45, 2.75) is 27.2 Å². The molecule has 0 aliphatic rings. The number of nitrogens with one attached hydrogen (secondary N) is 1. The first-order chi connectivity index (χ1) is 17.5. The van der Waals surface area contributed by atoms with Crippen LogP contribution >= 0.6 is 0 Å². The van der Waals surface area contributed by atoms with Gasteiger partial charge in [0, 0.05) is 36.5 Å². The summed E-state index contributed by atoms with van der Waals surface area (Å²) in [5.41, 5.74) is 1.59. The van der Waals surface area contributed by atoms with Gasteiger partial charge in [-0.1, -0.05) is 0 Å². The molecule has 0 aliphatic carbocycles. The van der Waals surface area contributed by atoms with E-state index < -0.39 is 18.4 Å². The van der Waals surface area contributed by atoms with Crippen LogP contribution in [0.25, 0.3) is 16.6 Å². The third kappa shape index (κ3) is 6.00. The van der Waals surface area contributed by atoms with Gasteiger partial charge in [0.15, 0.2) is 18.2 Å². The zero-order valence-corrected chi connectivity index (χ0v) is 20.7. The van der Waals surface area contributed by atoms with E-state index in [9.17, 15) is 18.8 Å². The molecule has 37 heavy (non-hydrogen) atoms. The minimum absolute atomic E-state index is 0.0223. The fourth-order valence-corrected chi connectivity index (χ4v) is 3.46. The van der Waals surface area contributed by atoms with E-state index in [0.29, 0.717) is 34.1 Å². The summed E-state index contributed by atoms with van der Waals surface area (Å²) in [5.74, 6) is 1.37. The summed E-state index contributed by atoms with van der Waals surface area (Å²) in [5, 5.41) is 21.1. The summed E-state index contributed by atoms with van der Waals surface area (Å²) in [7, 11) is 1.57. The minimum Gasteiger partial charge on any atom is -0.490 e. The Morgan fingerprint density at radius 1 is 1.16 bits per heavy atom. The number of anilines is 2. The zero-order chi connectivity index (χ0) is 26.7. The summed E-state index contributed by atoms with van der Waals surface area (Å²) in [6.07, 6.45) is 0.487. The summed E-state index contributed by atoms with van der Waals surface area (Å²) >= 11 is 0. The molecule has 10 nitrogen and oxygen atoms in total. The summed E-state index contributed by atoms with van der Waals surface area (Å²) in [6, 6.07) is 10.8. The van der Waals surface area contributed by atoms with E-state index in [2.05, 4.69) is 26.6 Å². The van der Waals surface area contributed by atoms with E-state index in [0.717, 1.165) is 5.52 Å². The van der Waals surface area contributed by atoms with Gasteiger partial charge >= 0.3 is 0 Å². The van der Waals surface area contributed by atoms with Crippen molar-refractivity contribution in [1.82, 2.24) is 24.4 Å². The van der Waals surface area contributed by atoms with Crippen LogP contribution in [0.1, 0.15) is 19.4 Å². The Balaban J connectivity index is 1.68. The molecule has 0 aromatic carbocycles. The molecule has 192 valence electrons. The molecular weight excluding hydrogens is 484 g/mol. The van der Waals surface area contributed by atoms with Crippen molar-refractivity contribution >= 4 is 17.2 Å². The van der Waals surface area contributed by atoms with Gasteiger partial charge in [-0.15, -0.1) is 0 Å². The number of ether oxygens (including phenoxy) is 2. The van der Waals surface area contributed by atoms with Crippen LogP contribution in [0.5, 0.6) is 11.6 Å². The van der Waals surface area contributed by atoms with Crippen molar-refractivity contribution in [3.05, 3.63) is 58.6 Å². The van der Waals surface area contributed by atoms with Crippen molar-refractivity contribution < 1.29 is 18.3 Å². The Labute approximate surface area is 211 Å². The van der Waals surface area contributed by atoms with Crippen LogP contribution in [-0.4, -0.2) is 44.0 Å². The Bertz CT molecular complexity index is 1510. The lowest BCUT2D eigenvalue weighted by atomic mass is 9.97. The highest BCUT2D eigenvalue weighted by Crippen LogP contribution is 2.34. The summed E-state index contributed by atoms with van der Waals surface area (Å²) < 4.78 is 39.2. The van der Waals surface area contributed by atoms with Gasteiger partial charge in [0.1, 0.15) is 12.4 Å². The van der Waals surface area contributed by atoms with Crippen molar-refractivity contribution in [1.29, 1.82) is 5.26 Å². The van der Waals surface area contributed by atoms with E-state index >= 15 is 0 Å². The fourth-order valence-electron chi connectivity index (χ4n) is 3.46. The summed E-state index contributed by atoms with van der Waals surface area (Å²) in [4.78, 5) is 16.0. The number of rotatable bonds is 9. The Kier molecular flexibility index (Phi) is 7.06. The zero-order valence-electron chi connectivity index (χ0n) is 20.7. The summed E-state index contributed by atoms with van der Waals surface area (Å²) in [6.45, 7) is 4.51. The lowest BCUT2D eigenvalue weighted by Gasteiger charge is -2.18. The van der Waals surface area contributed by atoms with E-state index in [1.165, 1.54) is 16.9 Å². The fraction of sp³-hybridized carbons (Fsp3) is 0.320. The minimum atomic E-state index is -2.64.